The number of anilines is 1. The van der Waals surface area contributed by atoms with Crippen molar-refractivity contribution in [3.63, 3.8) is 0 Å². The Morgan fingerprint density at radius 3 is 2.73 bits per heavy atom. The first kappa shape index (κ1) is 21.4. The second-order valence-corrected chi connectivity index (χ2v) is 7.70. The molecule has 3 amide bonds. The van der Waals surface area contributed by atoms with Crippen molar-refractivity contribution in [2.24, 2.45) is 0 Å². The third-order valence-electron chi connectivity index (χ3n) is 4.45. The number of nitrogen functional groups attached to an aromatic ring is 1. The second kappa shape index (κ2) is 8.59. The van der Waals surface area contributed by atoms with Crippen LogP contribution < -0.4 is 21.0 Å². The zero-order valence-electron chi connectivity index (χ0n) is 16.2. The summed E-state index contributed by atoms with van der Waals surface area (Å²) in [5, 5.41) is 26.6. The number of hydrogen-bond acceptors (Lipinski definition) is 8. The van der Waals surface area contributed by atoms with Gasteiger partial charge in [-0.15, -0.1) is 11.3 Å². The van der Waals surface area contributed by atoms with Gasteiger partial charge >= 0.3 is 19.1 Å². The molecule has 2 heterocycles. The summed E-state index contributed by atoms with van der Waals surface area (Å²) in [6.07, 6.45) is 0.136. The zero-order chi connectivity index (χ0) is 22.0. The lowest BCUT2D eigenvalue weighted by Crippen LogP contribution is -2.56. The van der Waals surface area contributed by atoms with Crippen LogP contribution in [0.2, 0.25) is 0 Å². The van der Waals surface area contributed by atoms with Crippen molar-refractivity contribution in [1.82, 2.24) is 20.5 Å². The highest BCUT2D eigenvalue weighted by atomic mass is 32.1. The number of rotatable bonds is 5. The zero-order valence-corrected chi connectivity index (χ0v) is 17.0. The van der Waals surface area contributed by atoms with E-state index >= 15 is 0 Å². The molecule has 0 aliphatic carbocycles. The lowest BCUT2D eigenvalue weighted by atomic mass is 9.72. The summed E-state index contributed by atoms with van der Waals surface area (Å²) < 4.78 is 5.38. The number of carbonyl (C=O) groups is 3. The molecule has 2 atom stereocenters. The lowest BCUT2D eigenvalue weighted by Gasteiger charge is -2.30. The number of urea groups is 1. The van der Waals surface area contributed by atoms with Gasteiger partial charge in [-0.1, -0.05) is 12.1 Å². The number of fused-ring (bicyclic) bond motifs is 1. The largest absolute Gasteiger partial charge is 0.547 e. The Balaban J connectivity index is 1.81. The Bertz CT molecular complexity index is 983. The number of thiazole rings is 1. The van der Waals surface area contributed by atoms with E-state index in [1.54, 1.807) is 17.5 Å². The molecule has 0 spiro atoms. The second-order valence-electron chi connectivity index (χ2n) is 6.81. The first-order chi connectivity index (χ1) is 14.2. The van der Waals surface area contributed by atoms with E-state index < -0.39 is 37.0 Å². The van der Waals surface area contributed by atoms with Crippen LogP contribution in [-0.2, 0) is 11.2 Å². The van der Waals surface area contributed by atoms with E-state index in [4.69, 9.17) is 10.4 Å². The molecule has 1 aliphatic rings. The smallest absolute Gasteiger partial charge is 0.534 e. The van der Waals surface area contributed by atoms with Crippen molar-refractivity contribution < 1.29 is 29.2 Å². The summed E-state index contributed by atoms with van der Waals surface area (Å²) >= 11 is 1.12. The predicted molar refractivity (Wildman–Crippen MR) is 109 cm³/mol. The van der Waals surface area contributed by atoms with Crippen LogP contribution in [0, 0.1) is 0 Å². The quantitative estimate of drug-likeness (QED) is 0.407. The molecule has 158 valence electrons. The minimum absolute atomic E-state index is 0.0627. The molecule has 0 radical (unpaired) electrons. The third-order valence-corrected chi connectivity index (χ3v) is 5.14. The Morgan fingerprint density at radius 2 is 2.13 bits per heavy atom. The van der Waals surface area contributed by atoms with E-state index in [-0.39, 0.29) is 28.6 Å². The van der Waals surface area contributed by atoms with Crippen LogP contribution in [-0.4, -0.2) is 65.1 Å². The van der Waals surface area contributed by atoms with Gasteiger partial charge in [-0.25, -0.2) is 14.6 Å². The number of nitrogens with one attached hydrogen (secondary N) is 2. The molecule has 0 bridgehead atoms. The first-order valence-corrected chi connectivity index (χ1v) is 9.74. The molecule has 1 aliphatic heterocycles. The molecule has 0 saturated heterocycles. The van der Waals surface area contributed by atoms with Crippen LogP contribution in [0.15, 0.2) is 23.6 Å². The molecule has 6 N–H and O–H groups in total. The van der Waals surface area contributed by atoms with Gasteiger partial charge in [0.25, 0.3) is 0 Å². The topological polar surface area (TPSA) is 167 Å². The number of carboxylic acids is 1. The minimum Gasteiger partial charge on any atom is -0.534 e. The Labute approximate surface area is 176 Å². The van der Waals surface area contributed by atoms with E-state index in [1.165, 1.54) is 25.1 Å². The van der Waals surface area contributed by atoms with Gasteiger partial charge in [0.05, 0.1) is 17.2 Å². The Morgan fingerprint density at radius 1 is 1.40 bits per heavy atom. The number of nitrogens with zero attached hydrogens (tertiary/aromatic N) is 2. The lowest BCUT2D eigenvalue weighted by molar-refractivity contribution is -0.123. The van der Waals surface area contributed by atoms with Crippen LogP contribution in [0.3, 0.4) is 0 Å². The molecular weight excluding hydrogens is 413 g/mol. The van der Waals surface area contributed by atoms with Crippen molar-refractivity contribution >= 4 is 41.5 Å². The monoisotopic (exact) mass is 433 g/mol. The summed E-state index contributed by atoms with van der Waals surface area (Å²) in [5.41, 5.74) is 6.35. The fourth-order valence-corrected chi connectivity index (χ4v) is 3.53. The van der Waals surface area contributed by atoms with Gasteiger partial charge in [-0.2, -0.15) is 0 Å². The summed E-state index contributed by atoms with van der Waals surface area (Å²) in [7, 11) is 1.57. The highest BCUT2D eigenvalue weighted by Crippen LogP contribution is 2.30. The fourth-order valence-electron chi connectivity index (χ4n) is 2.94. The number of para-hydroxylation sites is 1. The summed E-state index contributed by atoms with van der Waals surface area (Å²) in [5.74, 6) is -2.62. The molecule has 13 heteroatoms. The van der Waals surface area contributed by atoms with Gasteiger partial charge in [-0.05, 0) is 18.1 Å². The molecule has 11 nitrogen and oxygen atoms in total. The molecule has 0 saturated carbocycles. The molecule has 0 fully saturated rings. The standard InChI is InChI=1S/C17H20BN5O6S/c1-23(2)17(27)22-12(10-7-30-16(19)20-10)14(24)21-11-6-8-4-3-5-9(15(25)26)13(8)29-18(11)28/h3-5,7,11-12,28H,6H2,1-2H3,(H2,19,20)(H,21,24)(H,22,27)(H,25,26)/t11-,12?/m0/s1. The number of aromatic nitrogens is 1. The van der Waals surface area contributed by atoms with Crippen LogP contribution in [0.25, 0.3) is 0 Å². The number of aromatic carboxylic acids is 1. The highest BCUT2D eigenvalue weighted by Gasteiger charge is 2.39. The van der Waals surface area contributed by atoms with E-state index in [9.17, 15) is 24.5 Å². The van der Waals surface area contributed by atoms with Crippen LogP contribution in [0.5, 0.6) is 5.75 Å². The van der Waals surface area contributed by atoms with Gasteiger partial charge in [0.1, 0.15) is 5.75 Å². The van der Waals surface area contributed by atoms with Crippen molar-refractivity contribution in [1.29, 1.82) is 0 Å². The van der Waals surface area contributed by atoms with E-state index in [2.05, 4.69) is 15.6 Å². The SMILES string of the molecule is CN(C)C(=O)NC(C(=O)N[C@H]1Cc2cccc(C(=O)O)c2OB1O)c1csc(N)n1. The van der Waals surface area contributed by atoms with E-state index in [0.29, 0.717) is 5.56 Å². The van der Waals surface area contributed by atoms with Crippen molar-refractivity contribution in [3.05, 3.63) is 40.4 Å². The fraction of sp³-hybridized carbons (Fsp3) is 0.294. The van der Waals surface area contributed by atoms with Gasteiger partial charge in [0, 0.05) is 19.5 Å². The van der Waals surface area contributed by atoms with Gasteiger partial charge in [-0.3, -0.25) is 4.79 Å². The number of hydrogen-bond donors (Lipinski definition) is 5. The van der Waals surface area contributed by atoms with Gasteiger partial charge in [0.15, 0.2) is 11.2 Å². The van der Waals surface area contributed by atoms with Crippen molar-refractivity contribution in [2.75, 3.05) is 19.8 Å². The maximum atomic E-state index is 12.9. The molecular formula is C17H20BN5O6S. The summed E-state index contributed by atoms with van der Waals surface area (Å²) in [4.78, 5) is 41.7. The average Bonchev–Trinajstić information content (AvgIpc) is 3.11. The van der Waals surface area contributed by atoms with E-state index in [0.717, 1.165) is 11.3 Å². The van der Waals surface area contributed by atoms with Crippen LogP contribution >= 0.6 is 11.3 Å². The van der Waals surface area contributed by atoms with E-state index in [1.807, 2.05) is 0 Å². The maximum Gasteiger partial charge on any atom is 0.547 e. The number of carbonyl (C=O) groups excluding carboxylic acids is 2. The average molecular weight is 433 g/mol. The summed E-state index contributed by atoms with van der Waals surface area (Å²) in [6.45, 7) is 0. The Kier molecular flexibility index (Phi) is 6.13. The first-order valence-electron chi connectivity index (χ1n) is 8.86. The maximum absolute atomic E-state index is 12.9. The molecule has 3 rings (SSSR count). The number of amides is 3. The Hall–Kier alpha value is -3.32. The van der Waals surface area contributed by atoms with Crippen LogP contribution in [0.1, 0.15) is 27.7 Å². The van der Waals surface area contributed by atoms with Crippen molar-refractivity contribution in [3.8, 4) is 5.75 Å². The van der Waals surface area contributed by atoms with Gasteiger partial charge < -0.3 is 36.1 Å². The normalized spacial score (nSPS) is 16.1. The molecule has 1 aromatic heterocycles. The molecule has 1 aromatic carbocycles. The number of nitrogens with two attached hydrogens (primary N) is 1. The molecule has 2 aromatic rings. The summed E-state index contributed by atoms with van der Waals surface area (Å²) in [6, 6.07) is 2.91. The van der Waals surface area contributed by atoms with Crippen LogP contribution in [0.4, 0.5) is 9.93 Å². The highest BCUT2D eigenvalue weighted by molar-refractivity contribution is 7.13. The predicted octanol–water partition coefficient (Wildman–Crippen LogP) is -0.125. The molecule has 30 heavy (non-hydrogen) atoms. The molecule has 1 unspecified atom stereocenters. The number of carboxylic acid groups (broad SMARTS) is 1. The van der Waals surface area contributed by atoms with Crippen molar-refractivity contribution in [2.45, 2.75) is 18.4 Å². The minimum atomic E-state index is -1.48. The number of benzene rings is 1. The van der Waals surface area contributed by atoms with Gasteiger partial charge in [0.2, 0.25) is 5.91 Å². The third kappa shape index (κ3) is 4.47.